The van der Waals surface area contributed by atoms with Gasteiger partial charge in [-0.3, -0.25) is 9.59 Å². The monoisotopic (exact) mass is 335 g/mol. The van der Waals surface area contributed by atoms with Crippen LogP contribution in [-0.2, 0) is 4.79 Å². The quantitative estimate of drug-likeness (QED) is 0.803. The van der Waals surface area contributed by atoms with Gasteiger partial charge in [-0.25, -0.2) is 0 Å². The average Bonchev–Trinajstić information content (AvgIpc) is 2.59. The molecule has 2 atom stereocenters. The lowest BCUT2D eigenvalue weighted by atomic mass is 9.96. The van der Waals surface area contributed by atoms with Crippen LogP contribution in [-0.4, -0.2) is 49.1 Å². The zero-order chi connectivity index (χ0) is 17.7. The standard InChI is InChI=1S/C17H25N3O4/c1-11(18)13-5-3-4-8-20(13)17(22)12-6-7-14(15(9-12)23-2)24-10-16(19)21/h6-7,9,11,13H,3-5,8,10,18H2,1-2H3,(H2,19,21). The van der Waals surface area contributed by atoms with Gasteiger partial charge in [-0.1, -0.05) is 0 Å². The van der Waals surface area contributed by atoms with Crippen molar-refractivity contribution in [3.05, 3.63) is 23.8 Å². The van der Waals surface area contributed by atoms with Crippen molar-refractivity contribution in [2.24, 2.45) is 11.5 Å². The molecule has 0 radical (unpaired) electrons. The first-order valence-electron chi connectivity index (χ1n) is 8.09. The van der Waals surface area contributed by atoms with E-state index in [0.29, 0.717) is 23.6 Å². The van der Waals surface area contributed by atoms with E-state index in [4.69, 9.17) is 20.9 Å². The summed E-state index contributed by atoms with van der Waals surface area (Å²) < 4.78 is 10.5. The second-order valence-electron chi connectivity index (χ2n) is 6.04. The molecule has 1 heterocycles. The number of piperidine rings is 1. The minimum absolute atomic E-state index is 0.0445. The second kappa shape index (κ2) is 8.01. The summed E-state index contributed by atoms with van der Waals surface area (Å²) in [6, 6.07) is 4.86. The van der Waals surface area contributed by atoms with Gasteiger partial charge in [0.2, 0.25) is 0 Å². The highest BCUT2D eigenvalue weighted by Gasteiger charge is 2.30. The van der Waals surface area contributed by atoms with Crippen molar-refractivity contribution in [3.8, 4) is 11.5 Å². The summed E-state index contributed by atoms with van der Waals surface area (Å²) in [5.41, 5.74) is 11.6. The fourth-order valence-corrected chi connectivity index (χ4v) is 2.99. The van der Waals surface area contributed by atoms with Crippen LogP contribution in [0.5, 0.6) is 11.5 Å². The Morgan fingerprint density at radius 2 is 2.08 bits per heavy atom. The van der Waals surface area contributed by atoms with Gasteiger partial charge in [-0.15, -0.1) is 0 Å². The number of primary amides is 1. The largest absolute Gasteiger partial charge is 0.493 e. The number of rotatable bonds is 6. The lowest BCUT2D eigenvalue weighted by Gasteiger charge is -2.38. The third kappa shape index (κ3) is 4.17. The van der Waals surface area contributed by atoms with Crippen LogP contribution < -0.4 is 20.9 Å². The van der Waals surface area contributed by atoms with E-state index in [1.165, 1.54) is 7.11 Å². The fourth-order valence-electron chi connectivity index (χ4n) is 2.99. The zero-order valence-corrected chi connectivity index (χ0v) is 14.2. The van der Waals surface area contributed by atoms with E-state index in [0.717, 1.165) is 19.3 Å². The molecule has 0 saturated carbocycles. The fraction of sp³-hybridized carbons (Fsp3) is 0.529. The van der Waals surface area contributed by atoms with E-state index < -0.39 is 5.91 Å². The van der Waals surface area contributed by atoms with E-state index >= 15 is 0 Å². The molecule has 0 spiro atoms. The first-order valence-corrected chi connectivity index (χ1v) is 8.09. The Hall–Kier alpha value is -2.28. The number of amides is 2. The molecule has 0 bridgehead atoms. The van der Waals surface area contributed by atoms with Gasteiger partial charge in [0.1, 0.15) is 0 Å². The highest BCUT2D eigenvalue weighted by atomic mass is 16.5. The molecule has 7 heteroatoms. The van der Waals surface area contributed by atoms with Gasteiger partial charge in [-0.2, -0.15) is 0 Å². The summed E-state index contributed by atoms with van der Waals surface area (Å²) in [7, 11) is 1.48. The number of ether oxygens (including phenoxy) is 2. The minimum atomic E-state index is -0.578. The molecular formula is C17H25N3O4. The van der Waals surface area contributed by atoms with Gasteiger partial charge >= 0.3 is 0 Å². The van der Waals surface area contributed by atoms with Crippen molar-refractivity contribution in [1.82, 2.24) is 4.90 Å². The van der Waals surface area contributed by atoms with Gasteiger partial charge in [0.25, 0.3) is 11.8 Å². The van der Waals surface area contributed by atoms with Crippen molar-refractivity contribution >= 4 is 11.8 Å². The first kappa shape index (κ1) is 18.1. The number of hydrogen-bond donors (Lipinski definition) is 2. The maximum atomic E-state index is 12.9. The molecule has 0 aliphatic carbocycles. The van der Waals surface area contributed by atoms with Crippen molar-refractivity contribution in [3.63, 3.8) is 0 Å². The maximum Gasteiger partial charge on any atom is 0.255 e. The molecule has 1 aromatic carbocycles. The summed E-state index contributed by atoms with van der Waals surface area (Å²) in [6.45, 7) is 2.38. The third-order valence-corrected chi connectivity index (χ3v) is 4.20. The molecule has 1 aliphatic heterocycles. The van der Waals surface area contributed by atoms with Gasteiger partial charge in [0.15, 0.2) is 18.1 Å². The van der Waals surface area contributed by atoms with Crippen molar-refractivity contribution in [2.75, 3.05) is 20.3 Å². The molecule has 24 heavy (non-hydrogen) atoms. The Morgan fingerprint density at radius 1 is 1.33 bits per heavy atom. The summed E-state index contributed by atoms with van der Waals surface area (Å²) in [5.74, 6) is 0.105. The molecule has 7 nitrogen and oxygen atoms in total. The Kier molecular flexibility index (Phi) is 6.03. The third-order valence-electron chi connectivity index (χ3n) is 4.20. The molecule has 0 aromatic heterocycles. The van der Waals surface area contributed by atoms with E-state index in [9.17, 15) is 9.59 Å². The number of hydrogen-bond acceptors (Lipinski definition) is 5. The highest BCUT2D eigenvalue weighted by Crippen LogP contribution is 2.30. The molecular weight excluding hydrogens is 310 g/mol. The zero-order valence-electron chi connectivity index (χ0n) is 14.2. The van der Waals surface area contributed by atoms with Gasteiger partial charge in [0, 0.05) is 24.2 Å². The molecule has 1 aromatic rings. The number of nitrogens with zero attached hydrogens (tertiary/aromatic N) is 1. The number of benzene rings is 1. The van der Waals surface area contributed by atoms with Crippen LogP contribution in [0.3, 0.4) is 0 Å². The number of methoxy groups -OCH3 is 1. The van der Waals surface area contributed by atoms with E-state index in [1.807, 2.05) is 11.8 Å². The topological polar surface area (TPSA) is 108 Å². The first-order chi connectivity index (χ1) is 11.4. The van der Waals surface area contributed by atoms with Crippen LogP contribution >= 0.6 is 0 Å². The number of carbonyl (C=O) groups excluding carboxylic acids is 2. The Bertz CT molecular complexity index is 603. The Labute approximate surface area is 141 Å². The molecule has 1 fully saturated rings. The Morgan fingerprint density at radius 3 is 2.71 bits per heavy atom. The van der Waals surface area contributed by atoms with E-state index in [2.05, 4.69) is 0 Å². The van der Waals surface area contributed by atoms with Crippen molar-refractivity contribution in [1.29, 1.82) is 0 Å². The van der Waals surface area contributed by atoms with Crippen LogP contribution in [0.1, 0.15) is 36.5 Å². The summed E-state index contributed by atoms with van der Waals surface area (Å²) in [4.78, 5) is 25.5. The van der Waals surface area contributed by atoms with Gasteiger partial charge in [-0.05, 0) is 44.4 Å². The minimum Gasteiger partial charge on any atom is -0.493 e. The molecule has 2 unspecified atom stereocenters. The van der Waals surface area contributed by atoms with Crippen LogP contribution in [0.25, 0.3) is 0 Å². The SMILES string of the molecule is COc1cc(C(=O)N2CCCCC2C(C)N)ccc1OCC(N)=O. The molecule has 2 amide bonds. The molecule has 1 saturated heterocycles. The highest BCUT2D eigenvalue weighted by molar-refractivity contribution is 5.95. The Balaban J connectivity index is 2.21. The number of carbonyl (C=O) groups is 2. The molecule has 132 valence electrons. The lowest BCUT2D eigenvalue weighted by Crippen LogP contribution is -2.51. The second-order valence-corrected chi connectivity index (χ2v) is 6.04. The smallest absolute Gasteiger partial charge is 0.255 e. The predicted molar refractivity (Wildman–Crippen MR) is 90.0 cm³/mol. The lowest BCUT2D eigenvalue weighted by molar-refractivity contribution is -0.119. The molecule has 4 N–H and O–H groups in total. The normalized spacial score (nSPS) is 18.8. The van der Waals surface area contributed by atoms with Gasteiger partial charge < -0.3 is 25.8 Å². The average molecular weight is 335 g/mol. The summed E-state index contributed by atoms with van der Waals surface area (Å²) >= 11 is 0. The van der Waals surface area contributed by atoms with Crippen LogP contribution in [0, 0.1) is 0 Å². The van der Waals surface area contributed by atoms with E-state index in [-0.39, 0.29) is 24.6 Å². The molecule has 1 aliphatic rings. The predicted octanol–water partition coefficient (Wildman–Crippen LogP) is 0.901. The molecule has 2 rings (SSSR count). The maximum absolute atomic E-state index is 12.9. The number of nitrogens with two attached hydrogens (primary N) is 2. The number of likely N-dealkylation sites (tertiary alicyclic amines) is 1. The summed E-state index contributed by atoms with van der Waals surface area (Å²) in [6.07, 6.45) is 2.98. The van der Waals surface area contributed by atoms with Crippen LogP contribution in [0.15, 0.2) is 18.2 Å². The van der Waals surface area contributed by atoms with Gasteiger partial charge in [0.05, 0.1) is 7.11 Å². The van der Waals surface area contributed by atoms with Crippen molar-refractivity contribution in [2.45, 2.75) is 38.3 Å². The summed E-state index contributed by atoms with van der Waals surface area (Å²) in [5, 5.41) is 0. The van der Waals surface area contributed by atoms with Crippen LogP contribution in [0.4, 0.5) is 0 Å². The van der Waals surface area contributed by atoms with Crippen LogP contribution in [0.2, 0.25) is 0 Å². The van der Waals surface area contributed by atoms with Crippen molar-refractivity contribution < 1.29 is 19.1 Å². The van der Waals surface area contributed by atoms with E-state index in [1.54, 1.807) is 18.2 Å².